The molecular formula is C26H38N6O2. The highest BCUT2D eigenvalue weighted by Crippen LogP contribution is 2.14. The third-order valence-corrected chi connectivity index (χ3v) is 6.81. The molecule has 0 unspecified atom stereocenters. The highest BCUT2D eigenvalue weighted by Gasteiger charge is 2.23. The van der Waals surface area contributed by atoms with Crippen LogP contribution in [0.3, 0.4) is 0 Å². The average molecular weight is 467 g/mol. The molecular weight excluding hydrogens is 428 g/mol. The van der Waals surface area contributed by atoms with Crippen molar-refractivity contribution in [1.29, 1.82) is 0 Å². The van der Waals surface area contributed by atoms with E-state index in [0.29, 0.717) is 45.1 Å². The van der Waals surface area contributed by atoms with Gasteiger partial charge in [-0.05, 0) is 12.0 Å². The van der Waals surface area contributed by atoms with Crippen molar-refractivity contribution in [2.75, 3.05) is 57.3 Å². The van der Waals surface area contributed by atoms with Gasteiger partial charge in [0.15, 0.2) is 0 Å². The molecule has 184 valence electrons. The summed E-state index contributed by atoms with van der Waals surface area (Å²) in [5.74, 6) is 0.873. The Balaban J connectivity index is 1.27. The molecule has 1 aromatic carbocycles. The van der Waals surface area contributed by atoms with Gasteiger partial charge in [0.2, 0.25) is 11.9 Å². The van der Waals surface area contributed by atoms with Gasteiger partial charge >= 0.3 is 0 Å². The summed E-state index contributed by atoms with van der Waals surface area (Å²) in [5, 5.41) is 0. The Labute approximate surface area is 202 Å². The van der Waals surface area contributed by atoms with Crippen LogP contribution in [0.4, 0.5) is 5.95 Å². The van der Waals surface area contributed by atoms with Gasteiger partial charge in [-0.15, -0.1) is 0 Å². The van der Waals surface area contributed by atoms with Crippen LogP contribution in [-0.2, 0) is 17.9 Å². The van der Waals surface area contributed by atoms with Crippen LogP contribution in [0.1, 0.15) is 43.9 Å². The van der Waals surface area contributed by atoms with Crippen LogP contribution in [-0.4, -0.2) is 82.9 Å². The number of hydrogen-bond donors (Lipinski definition) is 1. The highest BCUT2D eigenvalue weighted by molar-refractivity contribution is 5.76. The number of hydrogen-bond acceptors (Lipinski definition) is 6. The molecule has 2 fully saturated rings. The second-order valence-corrected chi connectivity index (χ2v) is 9.42. The quantitative estimate of drug-likeness (QED) is 0.572. The summed E-state index contributed by atoms with van der Waals surface area (Å²) in [6.45, 7) is 10.5. The standard InChI is InChI=1S/C26H38N6O2/c1-2-3-5-10-25(34)31-15-17-32(18-16-31)26-27-23(19-24(33)28-26)21-30-13-11-29(12-14-30)20-22-8-6-4-7-9-22/h4,6-9,19H,2-3,5,10-18,20-21H2,1H3,(H,27,28,33). The number of piperazine rings is 2. The molecule has 2 aliphatic rings. The number of anilines is 1. The number of aromatic nitrogens is 2. The largest absolute Gasteiger partial charge is 0.339 e. The maximum atomic E-state index is 12.4. The summed E-state index contributed by atoms with van der Waals surface area (Å²) < 4.78 is 0. The molecule has 3 heterocycles. The van der Waals surface area contributed by atoms with Crippen LogP contribution < -0.4 is 10.5 Å². The topological polar surface area (TPSA) is 75.8 Å². The Bertz CT molecular complexity index is 963. The van der Waals surface area contributed by atoms with Gasteiger partial charge in [-0.25, -0.2) is 4.98 Å². The molecule has 0 aliphatic carbocycles. The summed E-state index contributed by atoms with van der Waals surface area (Å²) in [7, 11) is 0. The molecule has 0 saturated carbocycles. The lowest BCUT2D eigenvalue weighted by molar-refractivity contribution is -0.131. The van der Waals surface area contributed by atoms with Crippen LogP contribution in [0, 0.1) is 0 Å². The number of aromatic amines is 1. The Morgan fingerprint density at radius 2 is 1.59 bits per heavy atom. The molecule has 2 saturated heterocycles. The Hall–Kier alpha value is -2.71. The van der Waals surface area contributed by atoms with Crippen molar-refractivity contribution in [3.8, 4) is 0 Å². The molecule has 0 atom stereocenters. The molecule has 8 heteroatoms. The summed E-state index contributed by atoms with van der Waals surface area (Å²) in [4.78, 5) is 41.3. The van der Waals surface area contributed by atoms with E-state index in [1.807, 2.05) is 4.90 Å². The molecule has 2 aromatic rings. The molecule has 4 rings (SSSR count). The first-order chi connectivity index (χ1) is 16.6. The maximum absolute atomic E-state index is 12.4. The molecule has 8 nitrogen and oxygen atoms in total. The SMILES string of the molecule is CCCCCC(=O)N1CCN(c2nc(CN3CCN(Cc4ccccc4)CC3)cc(=O)[nH]2)CC1. The first-order valence-corrected chi connectivity index (χ1v) is 12.7. The minimum Gasteiger partial charge on any atom is -0.339 e. The van der Waals surface area contributed by atoms with Crippen molar-refractivity contribution in [1.82, 2.24) is 24.7 Å². The lowest BCUT2D eigenvalue weighted by Crippen LogP contribution is -2.49. The predicted molar refractivity (Wildman–Crippen MR) is 135 cm³/mol. The number of carbonyl (C=O) groups is 1. The molecule has 1 N–H and O–H groups in total. The fraction of sp³-hybridized carbons (Fsp3) is 0.577. The van der Waals surface area contributed by atoms with Gasteiger partial charge in [-0.3, -0.25) is 24.4 Å². The number of unbranched alkanes of at least 4 members (excludes halogenated alkanes) is 2. The van der Waals surface area contributed by atoms with E-state index in [0.717, 1.165) is 57.7 Å². The lowest BCUT2D eigenvalue weighted by atomic mass is 10.2. The zero-order valence-electron chi connectivity index (χ0n) is 20.4. The minimum absolute atomic E-state index is 0.110. The van der Waals surface area contributed by atoms with Gasteiger partial charge in [0.25, 0.3) is 5.56 Å². The molecule has 0 radical (unpaired) electrons. The van der Waals surface area contributed by atoms with Crippen molar-refractivity contribution in [2.45, 2.75) is 45.7 Å². The monoisotopic (exact) mass is 466 g/mol. The third-order valence-electron chi connectivity index (χ3n) is 6.81. The average Bonchev–Trinajstić information content (AvgIpc) is 2.86. The van der Waals surface area contributed by atoms with Gasteiger partial charge in [0.05, 0.1) is 5.69 Å². The Morgan fingerprint density at radius 1 is 0.912 bits per heavy atom. The van der Waals surface area contributed by atoms with Crippen molar-refractivity contribution < 1.29 is 4.79 Å². The zero-order chi connectivity index (χ0) is 23.8. The van der Waals surface area contributed by atoms with E-state index in [2.05, 4.69) is 56.9 Å². The van der Waals surface area contributed by atoms with Crippen molar-refractivity contribution >= 4 is 11.9 Å². The Morgan fingerprint density at radius 3 is 2.26 bits per heavy atom. The maximum Gasteiger partial charge on any atom is 0.252 e. The summed E-state index contributed by atoms with van der Waals surface area (Å²) in [6, 6.07) is 12.2. The van der Waals surface area contributed by atoms with E-state index in [9.17, 15) is 9.59 Å². The van der Waals surface area contributed by atoms with E-state index >= 15 is 0 Å². The number of nitrogens with zero attached hydrogens (tertiary/aromatic N) is 5. The summed E-state index contributed by atoms with van der Waals surface area (Å²) in [5.41, 5.74) is 2.05. The van der Waals surface area contributed by atoms with Gasteiger partial charge in [-0.2, -0.15) is 0 Å². The second-order valence-electron chi connectivity index (χ2n) is 9.42. The number of benzene rings is 1. The molecule has 34 heavy (non-hydrogen) atoms. The van der Waals surface area contributed by atoms with E-state index in [-0.39, 0.29) is 11.5 Å². The number of nitrogens with one attached hydrogen (secondary N) is 1. The molecule has 2 aliphatic heterocycles. The summed E-state index contributed by atoms with van der Waals surface area (Å²) >= 11 is 0. The summed E-state index contributed by atoms with van der Waals surface area (Å²) in [6.07, 6.45) is 3.83. The van der Waals surface area contributed by atoms with Crippen molar-refractivity contribution in [2.24, 2.45) is 0 Å². The van der Waals surface area contributed by atoms with Crippen LogP contribution in [0.25, 0.3) is 0 Å². The smallest absolute Gasteiger partial charge is 0.252 e. The second kappa shape index (κ2) is 12.1. The normalized spacial score (nSPS) is 17.8. The van der Waals surface area contributed by atoms with E-state index in [4.69, 9.17) is 4.98 Å². The molecule has 0 spiro atoms. The number of amides is 1. The molecule has 1 aromatic heterocycles. The van der Waals surface area contributed by atoms with Gasteiger partial charge in [0.1, 0.15) is 0 Å². The van der Waals surface area contributed by atoms with Gasteiger partial charge in [0, 0.05) is 77.9 Å². The fourth-order valence-electron chi connectivity index (χ4n) is 4.75. The first-order valence-electron chi connectivity index (χ1n) is 12.7. The third kappa shape index (κ3) is 6.90. The number of H-pyrrole nitrogens is 1. The van der Waals surface area contributed by atoms with Crippen LogP contribution >= 0.6 is 0 Å². The van der Waals surface area contributed by atoms with Crippen molar-refractivity contribution in [3.63, 3.8) is 0 Å². The van der Waals surface area contributed by atoms with Crippen LogP contribution in [0.5, 0.6) is 0 Å². The Kier molecular flexibility index (Phi) is 8.71. The van der Waals surface area contributed by atoms with E-state index in [1.165, 1.54) is 5.56 Å². The number of rotatable bonds is 9. The zero-order valence-corrected chi connectivity index (χ0v) is 20.4. The predicted octanol–water partition coefficient (Wildman–Crippen LogP) is 2.32. The highest BCUT2D eigenvalue weighted by atomic mass is 16.2. The van der Waals surface area contributed by atoms with Crippen LogP contribution in [0.2, 0.25) is 0 Å². The first kappa shape index (κ1) is 24.4. The van der Waals surface area contributed by atoms with E-state index in [1.54, 1.807) is 6.07 Å². The fourth-order valence-corrected chi connectivity index (χ4v) is 4.75. The van der Waals surface area contributed by atoms with Crippen LogP contribution in [0.15, 0.2) is 41.2 Å². The van der Waals surface area contributed by atoms with Gasteiger partial charge < -0.3 is 9.80 Å². The lowest BCUT2D eigenvalue weighted by Gasteiger charge is -2.36. The van der Waals surface area contributed by atoms with E-state index < -0.39 is 0 Å². The number of carbonyl (C=O) groups excluding carboxylic acids is 1. The minimum atomic E-state index is -0.110. The van der Waals surface area contributed by atoms with Crippen molar-refractivity contribution in [3.05, 3.63) is 58.0 Å². The molecule has 0 bridgehead atoms. The molecule has 1 amide bonds. The van der Waals surface area contributed by atoms with Gasteiger partial charge in [-0.1, -0.05) is 50.1 Å².